The van der Waals surface area contributed by atoms with Crippen LogP contribution in [0.15, 0.2) is 66.7 Å². The summed E-state index contributed by atoms with van der Waals surface area (Å²) in [5.74, 6) is 3.98. The van der Waals surface area contributed by atoms with E-state index in [1.165, 1.54) is 5.56 Å². The van der Waals surface area contributed by atoms with Gasteiger partial charge in [-0.25, -0.2) is 4.98 Å². The molecule has 0 atom stereocenters. The second kappa shape index (κ2) is 12.5. The number of rotatable bonds is 11. The van der Waals surface area contributed by atoms with Gasteiger partial charge in [0.2, 0.25) is 0 Å². The number of para-hydroxylation sites is 1. The Morgan fingerprint density at radius 2 is 1.76 bits per heavy atom. The predicted octanol–water partition coefficient (Wildman–Crippen LogP) is 6.70. The van der Waals surface area contributed by atoms with Crippen molar-refractivity contribution in [2.45, 2.75) is 46.1 Å². The molecule has 0 saturated carbocycles. The van der Waals surface area contributed by atoms with E-state index in [2.05, 4.69) is 78.0 Å². The molecule has 1 aliphatic heterocycles. The van der Waals surface area contributed by atoms with Crippen molar-refractivity contribution in [3.8, 4) is 28.6 Å². The first kappa shape index (κ1) is 26.3. The maximum Gasteiger partial charge on any atom is 0.141 e. The molecule has 5 rings (SSSR count). The van der Waals surface area contributed by atoms with Crippen LogP contribution in [-0.2, 0) is 6.54 Å². The molecular weight excluding hydrogens is 472 g/mol. The minimum Gasteiger partial charge on any atom is -0.492 e. The Morgan fingerprint density at radius 1 is 0.921 bits per heavy atom. The summed E-state index contributed by atoms with van der Waals surface area (Å²) >= 11 is 0. The summed E-state index contributed by atoms with van der Waals surface area (Å²) < 4.78 is 14.9. The number of piperazine rings is 1. The van der Waals surface area contributed by atoms with Crippen LogP contribution >= 0.6 is 0 Å². The van der Waals surface area contributed by atoms with Gasteiger partial charge < -0.3 is 19.4 Å². The summed E-state index contributed by atoms with van der Waals surface area (Å²) in [6.07, 6.45) is 2.21. The summed E-state index contributed by atoms with van der Waals surface area (Å²) in [7, 11) is 0. The van der Waals surface area contributed by atoms with Crippen LogP contribution in [0.2, 0.25) is 0 Å². The van der Waals surface area contributed by atoms with Gasteiger partial charge in [0.15, 0.2) is 0 Å². The fraction of sp³-hybridized carbons (Fsp3) is 0.406. The predicted molar refractivity (Wildman–Crippen MR) is 155 cm³/mol. The number of aryl methyl sites for hydroxylation is 1. The zero-order valence-corrected chi connectivity index (χ0v) is 23.0. The number of nitrogens with one attached hydrogen (secondary N) is 1. The fourth-order valence-corrected chi connectivity index (χ4v) is 5.06. The third-order valence-corrected chi connectivity index (χ3v) is 7.20. The lowest BCUT2D eigenvalue weighted by Gasteiger charge is -2.26. The van der Waals surface area contributed by atoms with Gasteiger partial charge in [-0.3, -0.25) is 4.90 Å². The molecule has 4 aromatic rings. The van der Waals surface area contributed by atoms with E-state index in [1.54, 1.807) is 0 Å². The lowest BCUT2D eigenvalue weighted by Crippen LogP contribution is -2.44. The molecule has 1 aromatic heterocycles. The Balaban J connectivity index is 1.40. The van der Waals surface area contributed by atoms with Crippen molar-refractivity contribution in [1.29, 1.82) is 0 Å². The fourth-order valence-electron chi connectivity index (χ4n) is 5.06. The highest BCUT2D eigenvalue weighted by molar-refractivity contribution is 5.82. The molecular formula is C32H40N4O2. The molecule has 0 radical (unpaired) electrons. The molecule has 200 valence electrons. The first-order chi connectivity index (χ1) is 18.6. The molecule has 0 aliphatic carbocycles. The van der Waals surface area contributed by atoms with Crippen LogP contribution in [0, 0.1) is 0 Å². The van der Waals surface area contributed by atoms with Crippen LogP contribution in [-0.4, -0.2) is 53.8 Å². The van der Waals surface area contributed by atoms with E-state index in [9.17, 15) is 0 Å². The third kappa shape index (κ3) is 6.20. The highest BCUT2D eigenvalue weighted by Gasteiger charge is 2.16. The molecule has 1 saturated heterocycles. The number of hydrogen-bond donors (Lipinski definition) is 1. The summed E-state index contributed by atoms with van der Waals surface area (Å²) in [5.41, 5.74) is 4.36. The number of benzene rings is 3. The summed E-state index contributed by atoms with van der Waals surface area (Å²) in [4.78, 5) is 7.51. The smallest absolute Gasteiger partial charge is 0.141 e. The number of hydrogen-bond acceptors (Lipinski definition) is 5. The van der Waals surface area contributed by atoms with Gasteiger partial charge in [0, 0.05) is 50.9 Å². The minimum absolute atomic E-state index is 0.390. The summed E-state index contributed by atoms with van der Waals surface area (Å²) in [6, 6.07) is 22.8. The van der Waals surface area contributed by atoms with Gasteiger partial charge in [-0.05, 0) is 48.2 Å². The van der Waals surface area contributed by atoms with E-state index < -0.39 is 0 Å². The molecule has 6 nitrogen and oxygen atoms in total. The Bertz CT molecular complexity index is 1340. The van der Waals surface area contributed by atoms with Crippen LogP contribution in [0.25, 0.3) is 22.4 Å². The largest absolute Gasteiger partial charge is 0.492 e. The van der Waals surface area contributed by atoms with Gasteiger partial charge >= 0.3 is 0 Å². The molecule has 0 spiro atoms. The Hall–Kier alpha value is -3.35. The molecule has 6 heteroatoms. The zero-order valence-electron chi connectivity index (χ0n) is 23.0. The van der Waals surface area contributed by atoms with Gasteiger partial charge in [-0.15, -0.1) is 0 Å². The van der Waals surface area contributed by atoms with E-state index in [0.29, 0.717) is 12.5 Å². The van der Waals surface area contributed by atoms with Gasteiger partial charge in [-0.1, -0.05) is 57.5 Å². The molecule has 0 amide bonds. The molecule has 38 heavy (non-hydrogen) atoms. The molecule has 3 aromatic carbocycles. The van der Waals surface area contributed by atoms with E-state index >= 15 is 0 Å². The number of ether oxygens (including phenoxy) is 2. The quantitative estimate of drug-likeness (QED) is 0.242. The topological polar surface area (TPSA) is 51.6 Å². The average molecular weight is 513 g/mol. The first-order valence-electron chi connectivity index (χ1n) is 14.1. The lowest BCUT2D eigenvalue weighted by atomic mass is 10.0. The van der Waals surface area contributed by atoms with E-state index in [4.69, 9.17) is 14.5 Å². The van der Waals surface area contributed by atoms with Crippen molar-refractivity contribution in [3.05, 3.63) is 72.3 Å². The van der Waals surface area contributed by atoms with E-state index in [1.807, 2.05) is 24.3 Å². The number of fused-ring (bicyclic) bond motifs is 1. The molecule has 0 bridgehead atoms. The van der Waals surface area contributed by atoms with Crippen molar-refractivity contribution < 1.29 is 9.47 Å². The minimum atomic E-state index is 0.390. The van der Waals surface area contributed by atoms with Crippen molar-refractivity contribution >= 4 is 11.0 Å². The Morgan fingerprint density at radius 3 is 2.58 bits per heavy atom. The van der Waals surface area contributed by atoms with Crippen molar-refractivity contribution in [2.24, 2.45) is 0 Å². The van der Waals surface area contributed by atoms with Crippen LogP contribution in [0.5, 0.6) is 17.2 Å². The van der Waals surface area contributed by atoms with Crippen LogP contribution < -0.4 is 14.8 Å². The number of aromatic nitrogens is 2. The van der Waals surface area contributed by atoms with Crippen molar-refractivity contribution in [2.75, 3.05) is 39.3 Å². The third-order valence-electron chi connectivity index (χ3n) is 7.20. The van der Waals surface area contributed by atoms with E-state index in [0.717, 1.165) is 91.8 Å². The number of imidazole rings is 1. The van der Waals surface area contributed by atoms with Gasteiger partial charge in [0.1, 0.15) is 29.7 Å². The van der Waals surface area contributed by atoms with Gasteiger partial charge in [0.05, 0.1) is 11.0 Å². The van der Waals surface area contributed by atoms with Crippen LogP contribution in [0.1, 0.15) is 45.1 Å². The lowest BCUT2D eigenvalue weighted by molar-refractivity contribution is 0.191. The molecule has 0 unspecified atom stereocenters. The maximum atomic E-state index is 6.38. The molecule has 2 heterocycles. The maximum absolute atomic E-state index is 6.38. The Labute approximate surface area is 226 Å². The average Bonchev–Trinajstić information content (AvgIpc) is 3.30. The van der Waals surface area contributed by atoms with Crippen LogP contribution in [0.4, 0.5) is 0 Å². The summed E-state index contributed by atoms with van der Waals surface area (Å²) in [5, 5.41) is 3.40. The normalized spacial score (nSPS) is 14.3. The van der Waals surface area contributed by atoms with Crippen molar-refractivity contribution in [1.82, 2.24) is 19.8 Å². The second-order valence-electron chi connectivity index (χ2n) is 10.4. The van der Waals surface area contributed by atoms with Crippen LogP contribution in [0.3, 0.4) is 0 Å². The molecule has 1 N–H and O–H groups in total. The first-order valence-corrected chi connectivity index (χ1v) is 14.1. The highest BCUT2D eigenvalue weighted by Crippen LogP contribution is 2.34. The molecule has 1 fully saturated rings. The zero-order chi connectivity index (χ0) is 26.3. The van der Waals surface area contributed by atoms with Gasteiger partial charge in [-0.2, -0.15) is 0 Å². The second-order valence-corrected chi connectivity index (χ2v) is 10.4. The standard InChI is InChI=1S/C32H40N4O2/c1-4-5-17-36-30-23-26(37-21-20-35-18-15-33-16-19-35)13-14-29(30)34-32(36)25-9-8-10-27(22-25)38-31-12-7-6-11-28(31)24(2)3/h6-14,22-24,33H,4-5,15-21H2,1-3H3. The highest BCUT2D eigenvalue weighted by atomic mass is 16.5. The number of nitrogens with zero attached hydrogens (tertiary/aromatic N) is 3. The SMILES string of the molecule is CCCCn1c(-c2cccc(Oc3ccccc3C(C)C)c2)nc2ccc(OCCN3CCNCC3)cc21. The monoisotopic (exact) mass is 512 g/mol. The van der Waals surface area contributed by atoms with E-state index in [-0.39, 0.29) is 0 Å². The number of unbranched alkanes of at least 4 members (excludes halogenated alkanes) is 1. The molecule has 1 aliphatic rings. The Kier molecular flexibility index (Phi) is 8.61. The van der Waals surface area contributed by atoms with Crippen molar-refractivity contribution in [3.63, 3.8) is 0 Å². The van der Waals surface area contributed by atoms with Gasteiger partial charge in [0.25, 0.3) is 0 Å². The summed E-state index contributed by atoms with van der Waals surface area (Å²) in [6.45, 7) is 13.4.